The summed E-state index contributed by atoms with van der Waals surface area (Å²) < 4.78 is 0. The van der Waals surface area contributed by atoms with Crippen LogP contribution in [0.4, 0.5) is 5.82 Å². The quantitative estimate of drug-likeness (QED) is 0.943. The minimum atomic E-state index is -0.0879. The Hall–Kier alpha value is -2.43. The van der Waals surface area contributed by atoms with Gasteiger partial charge < -0.3 is 10.2 Å². The Bertz CT molecular complexity index is 680. The summed E-state index contributed by atoms with van der Waals surface area (Å²) >= 11 is 0. The fraction of sp³-hybridized carbons (Fsp3) is 0.389. The maximum atomic E-state index is 12.2. The third kappa shape index (κ3) is 3.86. The Morgan fingerprint density at radius 2 is 1.96 bits per heavy atom. The molecule has 5 heteroatoms. The van der Waals surface area contributed by atoms with Crippen LogP contribution in [0.5, 0.6) is 0 Å². The van der Waals surface area contributed by atoms with Gasteiger partial charge in [-0.2, -0.15) is 0 Å². The van der Waals surface area contributed by atoms with Crippen molar-refractivity contribution in [2.24, 2.45) is 0 Å². The number of benzene rings is 1. The number of nitrogens with zero attached hydrogens (tertiary/aromatic N) is 3. The molecule has 1 aromatic heterocycles. The molecule has 5 nitrogen and oxygen atoms in total. The van der Waals surface area contributed by atoms with Crippen molar-refractivity contribution in [1.29, 1.82) is 0 Å². The Morgan fingerprint density at radius 3 is 2.74 bits per heavy atom. The number of aryl methyl sites for hydroxylation is 1. The second-order valence-electron chi connectivity index (χ2n) is 5.88. The number of amides is 1. The van der Waals surface area contributed by atoms with E-state index >= 15 is 0 Å². The zero-order valence-corrected chi connectivity index (χ0v) is 13.5. The second-order valence-corrected chi connectivity index (χ2v) is 5.88. The van der Waals surface area contributed by atoms with E-state index in [4.69, 9.17) is 0 Å². The average molecular weight is 310 g/mol. The molecule has 3 rings (SSSR count). The molecule has 2 aromatic rings. The van der Waals surface area contributed by atoms with Crippen molar-refractivity contribution in [2.75, 3.05) is 18.0 Å². The van der Waals surface area contributed by atoms with Crippen LogP contribution in [-0.2, 0) is 6.54 Å². The van der Waals surface area contributed by atoms with Gasteiger partial charge in [0.05, 0.1) is 6.54 Å². The summed E-state index contributed by atoms with van der Waals surface area (Å²) in [5.41, 5.74) is 1.66. The average Bonchev–Trinajstić information content (AvgIpc) is 2.61. The second kappa shape index (κ2) is 7.22. The van der Waals surface area contributed by atoms with Crippen molar-refractivity contribution >= 4 is 11.7 Å². The molecule has 2 heterocycles. The van der Waals surface area contributed by atoms with Gasteiger partial charge in [0.1, 0.15) is 11.6 Å². The van der Waals surface area contributed by atoms with Crippen LogP contribution in [0.2, 0.25) is 0 Å². The maximum absolute atomic E-state index is 12.2. The van der Waals surface area contributed by atoms with E-state index in [1.54, 1.807) is 6.20 Å². The summed E-state index contributed by atoms with van der Waals surface area (Å²) in [6.07, 6.45) is 5.49. The molecule has 0 atom stereocenters. The van der Waals surface area contributed by atoms with Crippen LogP contribution in [0.15, 0.2) is 36.5 Å². The molecule has 1 amide bonds. The third-order valence-electron chi connectivity index (χ3n) is 4.17. The monoisotopic (exact) mass is 310 g/mol. The summed E-state index contributed by atoms with van der Waals surface area (Å²) in [5.74, 6) is 1.52. The molecule has 1 aliphatic heterocycles. The summed E-state index contributed by atoms with van der Waals surface area (Å²) in [4.78, 5) is 23.4. The molecule has 0 spiro atoms. The standard InChI is InChI=1S/C18H22N4O/c1-14-7-3-4-8-15(14)18(23)20-13-16-19-10-9-17(21-16)22-11-5-2-6-12-22/h3-4,7-10H,2,5-6,11-13H2,1H3,(H,20,23). The molecule has 1 N–H and O–H groups in total. The maximum Gasteiger partial charge on any atom is 0.251 e. The summed E-state index contributed by atoms with van der Waals surface area (Å²) in [5, 5.41) is 2.90. The van der Waals surface area contributed by atoms with E-state index in [2.05, 4.69) is 20.2 Å². The van der Waals surface area contributed by atoms with Gasteiger partial charge in [0.15, 0.2) is 0 Å². The van der Waals surface area contributed by atoms with E-state index in [1.165, 1.54) is 19.3 Å². The van der Waals surface area contributed by atoms with Crippen LogP contribution in [0.3, 0.4) is 0 Å². The molecule has 23 heavy (non-hydrogen) atoms. The number of aromatic nitrogens is 2. The number of carbonyl (C=O) groups excluding carboxylic acids is 1. The van der Waals surface area contributed by atoms with E-state index in [0.717, 1.165) is 24.5 Å². The Morgan fingerprint density at radius 1 is 1.17 bits per heavy atom. The van der Waals surface area contributed by atoms with Gasteiger partial charge >= 0.3 is 0 Å². The van der Waals surface area contributed by atoms with E-state index in [-0.39, 0.29) is 5.91 Å². The molecule has 0 unspecified atom stereocenters. The zero-order chi connectivity index (χ0) is 16.1. The highest BCUT2D eigenvalue weighted by Gasteiger charge is 2.13. The van der Waals surface area contributed by atoms with Crippen molar-refractivity contribution < 1.29 is 4.79 Å². The summed E-state index contributed by atoms with van der Waals surface area (Å²) in [7, 11) is 0. The fourth-order valence-corrected chi connectivity index (χ4v) is 2.85. The number of piperidine rings is 1. The molecule has 1 aromatic carbocycles. The minimum absolute atomic E-state index is 0.0879. The molecule has 1 aliphatic rings. The van der Waals surface area contributed by atoms with Crippen LogP contribution in [-0.4, -0.2) is 29.0 Å². The van der Waals surface area contributed by atoms with Crippen molar-refractivity contribution in [3.63, 3.8) is 0 Å². The number of hydrogen-bond donors (Lipinski definition) is 1. The van der Waals surface area contributed by atoms with Crippen molar-refractivity contribution in [2.45, 2.75) is 32.7 Å². The van der Waals surface area contributed by atoms with Crippen molar-refractivity contribution in [1.82, 2.24) is 15.3 Å². The van der Waals surface area contributed by atoms with Gasteiger partial charge in [-0.05, 0) is 43.9 Å². The van der Waals surface area contributed by atoms with Crippen molar-refractivity contribution in [3.8, 4) is 0 Å². The highest BCUT2D eigenvalue weighted by Crippen LogP contribution is 2.16. The fourth-order valence-electron chi connectivity index (χ4n) is 2.85. The molecule has 1 saturated heterocycles. The first kappa shape index (κ1) is 15.5. The first-order valence-corrected chi connectivity index (χ1v) is 8.15. The molecule has 0 bridgehead atoms. The van der Waals surface area contributed by atoms with Gasteiger partial charge in [-0.25, -0.2) is 9.97 Å². The van der Waals surface area contributed by atoms with Gasteiger partial charge in [-0.15, -0.1) is 0 Å². The van der Waals surface area contributed by atoms with Gasteiger partial charge in [-0.1, -0.05) is 18.2 Å². The predicted molar refractivity (Wildman–Crippen MR) is 90.4 cm³/mol. The molecule has 0 saturated carbocycles. The van der Waals surface area contributed by atoms with Gasteiger partial charge in [-0.3, -0.25) is 4.79 Å². The SMILES string of the molecule is Cc1ccccc1C(=O)NCc1nccc(N2CCCCC2)n1. The molecular weight excluding hydrogens is 288 g/mol. The first-order chi connectivity index (χ1) is 11.2. The minimum Gasteiger partial charge on any atom is -0.357 e. The normalized spacial score (nSPS) is 14.6. The lowest BCUT2D eigenvalue weighted by atomic mass is 10.1. The molecular formula is C18H22N4O. The summed E-state index contributed by atoms with van der Waals surface area (Å²) in [6, 6.07) is 9.50. The first-order valence-electron chi connectivity index (χ1n) is 8.15. The number of nitrogens with one attached hydrogen (secondary N) is 1. The predicted octanol–water partition coefficient (Wildman–Crippen LogP) is 2.71. The van der Waals surface area contributed by atoms with Gasteiger partial charge in [0.2, 0.25) is 0 Å². The van der Waals surface area contributed by atoms with Crippen LogP contribution >= 0.6 is 0 Å². The van der Waals surface area contributed by atoms with E-state index in [9.17, 15) is 4.79 Å². The van der Waals surface area contributed by atoms with Gasteiger partial charge in [0.25, 0.3) is 5.91 Å². The van der Waals surface area contributed by atoms with E-state index in [0.29, 0.717) is 17.9 Å². The van der Waals surface area contributed by atoms with Crippen molar-refractivity contribution in [3.05, 3.63) is 53.5 Å². The van der Waals surface area contributed by atoms with Crippen LogP contribution in [0.1, 0.15) is 41.0 Å². The Labute approximate surface area is 136 Å². The Balaban J connectivity index is 1.64. The molecule has 1 fully saturated rings. The van der Waals surface area contributed by atoms with Gasteiger partial charge in [0, 0.05) is 24.8 Å². The molecule has 120 valence electrons. The Kier molecular flexibility index (Phi) is 4.86. The summed E-state index contributed by atoms with van der Waals surface area (Å²) in [6.45, 7) is 4.37. The van der Waals surface area contributed by atoms with E-state index in [1.807, 2.05) is 37.3 Å². The lowest BCUT2D eigenvalue weighted by molar-refractivity contribution is 0.0949. The number of carbonyl (C=O) groups is 1. The molecule has 0 radical (unpaired) electrons. The number of hydrogen-bond acceptors (Lipinski definition) is 4. The lowest BCUT2D eigenvalue weighted by Gasteiger charge is -2.27. The van der Waals surface area contributed by atoms with Crippen LogP contribution < -0.4 is 10.2 Å². The molecule has 0 aliphatic carbocycles. The highest BCUT2D eigenvalue weighted by molar-refractivity contribution is 5.95. The smallest absolute Gasteiger partial charge is 0.251 e. The topological polar surface area (TPSA) is 58.1 Å². The zero-order valence-electron chi connectivity index (χ0n) is 13.5. The number of rotatable bonds is 4. The third-order valence-corrected chi connectivity index (χ3v) is 4.17. The van der Waals surface area contributed by atoms with Crippen LogP contribution in [0.25, 0.3) is 0 Å². The largest absolute Gasteiger partial charge is 0.357 e. The number of anilines is 1. The lowest BCUT2D eigenvalue weighted by Crippen LogP contribution is -2.31. The van der Waals surface area contributed by atoms with E-state index < -0.39 is 0 Å². The van der Waals surface area contributed by atoms with Crippen LogP contribution in [0, 0.1) is 6.92 Å². The highest BCUT2D eigenvalue weighted by atomic mass is 16.1.